The van der Waals surface area contributed by atoms with Crippen LogP contribution in [0.4, 0.5) is 0 Å². The smallest absolute Gasteiger partial charge is 0.133 e. The summed E-state index contributed by atoms with van der Waals surface area (Å²) in [5.41, 5.74) is 0.807. The molecule has 0 saturated carbocycles. The topological polar surface area (TPSA) is 38.7 Å². The highest BCUT2D eigenvalue weighted by Crippen LogP contribution is 2.34. The van der Waals surface area contributed by atoms with Gasteiger partial charge in [0.15, 0.2) is 0 Å². The monoisotopic (exact) mass is 260 g/mol. The number of hydrogen-bond acceptors (Lipinski definition) is 3. The van der Waals surface area contributed by atoms with E-state index in [0.29, 0.717) is 6.61 Å². The van der Waals surface area contributed by atoms with Gasteiger partial charge in [-0.1, -0.05) is 36.4 Å². The highest BCUT2D eigenvalue weighted by atomic mass is 16.5. The number of ether oxygens (including phenoxy) is 2. The van der Waals surface area contributed by atoms with Gasteiger partial charge in [0.2, 0.25) is 0 Å². The molecule has 0 amide bonds. The van der Waals surface area contributed by atoms with Gasteiger partial charge in [0, 0.05) is 18.1 Å². The van der Waals surface area contributed by atoms with Crippen LogP contribution in [0.15, 0.2) is 36.4 Å². The van der Waals surface area contributed by atoms with Gasteiger partial charge in [-0.15, -0.1) is 0 Å². The molecule has 2 rings (SSSR count). The van der Waals surface area contributed by atoms with Crippen LogP contribution in [0.5, 0.6) is 5.75 Å². The van der Waals surface area contributed by atoms with Crippen molar-refractivity contribution >= 4 is 10.8 Å². The Morgan fingerprint density at radius 3 is 2.53 bits per heavy atom. The van der Waals surface area contributed by atoms with Gasteiger partial charge in [-0.05, 0) is 19.2 Å². The van der Waals surface area contributed by atoms with Crippen molar-refractivity contribution in [1.29, 1.82) is 0 Å². The van der Waals surface area contributed by atoms with Gasteiger partial charge in [-0.2, -0.15) is 0 Å². The summed E-state index contributed by atoms with van der Waals surface area (Å²) in [7, 11) is 1.65. The fraction of sp³-hybridized carbons (Fsp3) is 0.375. The van der Waals surface area contributed by atoms with E-state index < -0.39 is 6.10 Å². The van der Waals surface area contributed by atoms with Crippen LogP contribution in [0.2, 0.25) is 0 Å². The molecule has 1 N–H and O–H groups in total. The van der Waals surface area contributed by atoms with Gasteiger partial charge < -0.3 is 14.6 Å². The van der Waals surface area contributed by atoms with E-state index in [4.69, 9.17) is 9.47 Å². The SMILES string of the molecule is COCC(C)Oc1c([C@H](C)O)ccc2ccccc12. The zero-order valence-corrected chi connectivity index (χ0v) is 11.6. The second-order valence-corrected chi connectivity index (χ2v) is 4.76. The maximum absolute atomic E-state index is 9.90. The Morgan fingerprint density at radius 1 is 1.11 bits per heavy atom. The van der Waals surface area contributed by atoms with E-state index in [0.717, 1.165) is 22.1 Å². The predicted molar refractivity (Wildman–Crippen MR) is 76.5 cm³/mol. The molecule has 0 fully saturated rings. The summed E-state index contributed by atoms with van der Waals surface area (Å²) < 4.78 is 11.1. The highest BCUT2D eigenvalue weighted by molar-refractivity contribution is 5.89. The fourth-order valence-electron chi connectivity index (χ4n) is 2.19. The van der Waals surface area contributed by atoms with Crippen LogP contribution in [0.1, 0.15) is 25.5 Å². The van der Waals surface area contributed by atoms with Crippen molar-refractivity contribution in [3.8, 4) is 5.75 Å². The van der Waals surface area contributed by atoms with Crippen LogP contribution in [-0.4, -0.2) is 24.9 Å². The number of rotatable bonds is 5. The van der Waals surface area contributed by atoms with Gasteiger partial charge in [0.1, 0.15) is 11.9 Å². The number of methoxy groups -OCH3 is 1. The van der Waals surface area contributed by atoms with E-state index in [2.05, 4.69) is 0 Å². The minimum absolute atomic E-state index is 0.0618. The van der Waals surface area contributed by atoms with Crippen molar-refractivity contribution in [2.45, 2.75) is 26.1 Å². The minimum Gasteiger partial charge on any atom is -0.487 e. The maximum Gasteiger partial charge on any atom is 0.133 e. The molecular weight excluding hydrogens is 240 g/mol. The minimum atomic E-state index is -0.561. The van der Waals surface area contributed by atoms with Crippen molar-refractivity contribution < 1.29 is 14.6 Å². The number of aliphatic hydroxyl groups excluding tert-OH is 1. The number of aliphatic hydroxyl groups is 1. The molecule has 3 heteroatoms. The number of benzene rings is 2. The first kappa shape index (κ1) is 13.8. The van der Waals surface area contributed by atoms with E-state index in [-0.39, 0.29) is 6.10 Å². The first-order valence-corrected chi connectivity index (χ1v) is 6.48. The molecule has 0 heterocycles. The Kier molecular flexibility index (Phi) is 4.40. The third-order valence-corrected chi connectivity index (χ3v) is 3.08. The first-order valence-electron chi connectivity index (χ1n) is 6.48. The summed E-state index contributed by atoms with van der Waals surface area (Å²) in [6, 6.07) is 11.9. The molecule has 2 atom stereocenters. The third-order valence-electron chi connectivity index (χ3n) is 3.08. The summed E-state index contributed by atoms with van der Waals surface area (Å²) >= 11 is 0. The van der Waals surface area contributed by atoms with Crippen molar-refractivity contribution in [2.24, 2.45) is 0 Å². The summed E-state index contributed by atoms with van der Waals surface area (Å²) in [5.74, 6) is 0.748. The van der Waals surface area contributed by atoms with E-state index in [1.807, 2.05) is 43.3 Å². The van der Waals surface area contributed by atoms with E-state index in [1.54, 1.807) is 14.0 Å². The summed E-state index contributed by atoms with van der Waals surface area (Å²) in [5, 5.41) is 12.0. The molecule has 1 unspecified atom stereocenters. The lowest BCUT2D eigenvalue weighted by atomic mass is 10.0. The molecule has 2 aromatic rings. The van der Waals surface area contributed by atoms with Crippen LogP contribution in [0, 0.1) is 0 Å². The molecule has 2 aromatic carbocycles. The van der Waals surface area contributed by atoms with Crippen LogP contribution < -0.4 is 4.74 Å². The Bertz CT molecular complexity index is 549. The molecule has 0 bridgehead atoms. The van der Waals surface area contributed by atoms with Gasteiger partial charge >= 0.3 is 0 Å². The summed E-state index contributed by atoms with van der Waals surface area (Å²) in [6.07, 6.45) is -0.623. The zero-order valence-electron chi connectivity index (χ0n) is 11.6. The Balaban J connectivity index is 2.49. The van der Waals surface area contributed by atoms with Crippen molar-refractivity contribution in [1.82, 2.24) is 0 Å². The highest BCUT2D eigenvalue weighted by Gasteiger charge is 2.15. The number of fused-ring (bicyclic) bond motifs is 1. The molecule has 0 aliphatic heterocycles. The Morgan fingerprint density at radius 2 is 1.84 bits per heavy atom. The van der Waals surface area contributed by atoms with E-state index in [9.17, 15) is 5.11 Å². The normalized spacial score (nSPS) is 14.3. The fourth-order valence-corrected chi connectivity index (χ4v) is 2.19. The second-order valence-electron chi connectivity index (χ2n) is 4.76. The maximum atomic E-state index is 9.90. The molecule has 102 valence electrons. The average Bonchev–Trinajstić information content (AvgIpc) is 2.39. The van der Waals surface area contributed by atoms with Crippen molar-refractivity contribution in [3.63, 3.8) is 0 Å². The molecule has 3 nitrogen and oxygen atoms in total. The number of hydrogen-bond donors (Lipinski definition) is 1. The molecule has 0 aliphatic carbocycles. The van der Waals surface area contributed by atoms with Crippen molar-refractivity contribution in [2.75, 3.05) is 13.7 Å². The van der Waals surface area contributed by atoms with Crippen LogP contribution in [0.3, 0.4) is 0 Å². The summed E-state index contributed by atoms with van der Waals surface area (Å²) in [6.45, 7) is 4.22. The largest absolute Gasteiger partial charge is 0.487 e. The molecule has 0 radical (unpaired) electrons. The zero-order chi connectivity index (χ0) is 13.8. The van der Waals surface area contributed by atoms with Crippen LogP contribution in [0.25, 0.3) is 10.8 Å². The molecular formula is C16H20O3. The summed E-state index contributed by atoms with van der Waals surface area (Å²) in [4.78, 5) is 0. The lowest BCUT2D eigenvalue weighted by molar-refractivity contribution is 0.0897. The van der Waals surface area contributed by atoms with Gasteiger partial charge in [-0.25, -0.2) is 0 Å². The molecule has 0 saturated heterocycles. The average molecular weight is 260 g/mol. The molecule has 0 aliphatic rings. The third kappa shape index (κ3) is 3.06. The van der Waals surface area contributed by atoms with Gasteiger partial charge in [-0.3, -0.25) is 0 Å². The van der Waals surface area contributed by atoms with E-state index in [1.165, 1.54) is 0 Å². The molecule has 0 spiro atoms. The van der Waals surface area contributed by atoms with Gasteiger partial charge in [0.05, 0.1) is 12.7 Å². The van der Waals surface area contributed by atoms with Crippen molar-refractivity contribution in [3.05, 3.63) is 42.0 Å². The van der Waals surface area contributed by atoms with Crippen LogP contribution >= 0.6 is 0 Å². The Hall–Kier alpha value is -1.58. The second kappa shape index (κ2) is 6.04. The molecule has 19 heavy (non-hydrogen) atoms. The lowest BCUT2D eigenvalue weighted by Gasteiger charge is -2.20. The Labute approximate surface area is 113 Å². The molecule has 0 aromatic heterocycles. The standard InChI is InChI=1S/C16H20O3/c1-11(10-18-3)19-16-14(12(2)17)9-8-13-6-4-5-7-15(13)16/h4-9,11-12,17H,10H2,1-3H3/t11?,12-/m0/s1. The predicted octanol–water partition coefficient (Wildman–Crippen LogP) is 3.31. The first-order chi connectivity index (χ1) is 9.13. The quantitative estimate of drug-likeness (QED) is 0.896. The van der Waals surface area contributed by atoms with Gasteiger partial charge in [0.25, 0.3) is 0 Å². The van der Waals surface area contributed by atoms with Crippen LogP contribution in [-0.2, 0) is 4.74 Å². The van der Waals surface area contributed by atoms with E-state index >= 15 is 0 Å². The lowest BCUT2D eigenvalue weighted by Crippen LogP contribution is -2.19.